The first-order valence-corrected chi connectivity index (χ1v) is 7.67. The maximum Gasteiger partial charge on any atom is 0.226 e. The molecule has 20 heavy (non-hydrogen) atoms. The molecule has 0 unspecified atom stereocenters. The van der Waals surface area contributed by atoms with E-state index in [1.54, 1.807) is 11.3 Å². The van der Waals surface area contributed by atoms with E-state index in [9.17, 15) is 4.79 Å². The van der Waals surface area contributed by atoms with E-state index >= 15 is 0 Å². The zero-order valence-electron chi connectivity index (χ0n) is 12.3. The molecular formula is C15H20N2O2S. The highest BCUT2D eigenvalue weighted by Crippen LogP contribution is 2.21. The van der Waals surface area contributed by atoms with Gasteiger partial charge in [-0.2, -0.15) is 0 Å². The summed E-state index contributed by atoms with van der Waals surface area (Å²) in [7, 11) is 0. The van der Waals surface area contributed by atoms with Crippen LogP contribution in [0.5, 0.6) is 0 Å². The Kier molecular flexibility index (Phi) is 4.60. The van der Waals surface area contributed by atoms with Crippen molar-refractivity contribution in [1.29, 1.82) is 0 Å². The third-order valence-corrected chi connectivity index (χ3v) is 4.21. The summed E-state index contributed by atoms with van der Waals surface area (Å²) in [4.78, 5) is 16.4. The third-order valence-electron chi connectivity index (χ3n) is 3.17. The maximum atomic E-state index is 12.0. The lowest BCUT2D eigenvalue weighted by Gasteiger charge is -2.12. The van der Waals surface area contributed by atoms with Crippen LogP contribution in [0, 0.1) is 13.8 Å². The molecule has 108 valence electrons. The summed E-state index contributed by atoms with van der Waals surface area (Å²) in [5, 5.41) is 6.02. The number of aryl methyl sites for hydroxylation is 3. The van der Waals surface area contributed by atoms with Gasteiger partial charge < -0.3 is 9.73 Å². The highest BCUT2D eigenvalue weighted by molar-refractivity contribution is 7.09. The van der Waals surface area contributed by atoms with Crippen LogP contribution in [0.15, 0.2) is 15.9 Å². The van der Waals surface area contributed by atoms with E-state index in [1.807, 2.05) is 32.2 Å². The first-order valence-electron chi connectivity index (χ1n) is 6.79. The third kappa shape index (κ3) is 3.48. The molecule has 1 N–H and O–H groups in total. The number of rotatable bonds is 5. The van der Waals surface area contributed by atoms with Crippen molar-refractivity contribution in [3.05, 3.63) is 39.2 Å². The molecule has 0 radical (unpaired) electrons. The largest absolute Gasteiger partial charge is 0.466 e. The van der Waals surface area contributed by atoms with Crippen LogP contribution in [0.4, 0.5) is 0 Å². The highest BCUT2D eigenvalue weighted by atomic mass is 32.1. The lowest BCUT2D eigenvalue weighted by molar-refractivity contribution is -0.121. The Bertz CT molecular complexity index is 601. The Morgan fingerprint density at radius 2 is 2.25 bits per heavy atom. The van der Waals surface area contributed by atoms with E-state index < -0.39 is 0 Å². The highest BCUT2D eigenvalue weighted by Gasteiger charge is 2.16. The normalized spacial score (nSPS) is 12.4. The molecule has 0 aliphatic carbocycles. The number of carbonyl (C=O) groups excluding carboxylic acids is 1. The van der Waals surface area contributed by atoms with Crippen molar-refractivity contribution >= 4 is 17.2 Å². The summed E-state index contributed by atoms with van der Waals surface area (Å²) in [5.74, 6) is 1.71. The van der Waals surface area contributed by atoms with Crippen LogP contribution in [0.2, 0.25) is 0 Å². The minimum Gasteiger partial charge on any atom is -0.466 e. The van der Waals surface area contributed by atoms with Crippen molar-refractivity contribution in [3.8, 4) is 0 Å². The standard InChI is InChI=1S/C15H20N2O2S/c1-5-15-17-12(8-20-15)7-14(18)16-10(3)13-6-9(2)19-11(13)4/h6,8,10H,5,7H2,1-4H3,(H,16,18)/t10-/m1/s1. The molecular weight excluding hydrogens is 272 g/mol. The fourth-order valence-corrected chi connectivity index (χ4v) is 2.95. The molecule has 1 atom stereocenters. The number of nitrogens with zero attached hydrogens (tertiary/aromatic N) is 1. The van der Waals surface area contributed by atoms with Gasteiger partial charge in [0.2, 0.25) is 5.91 Å². The van der Waals surface area contributed by atoms with Crippen LogP contribution in [-0.2, 0) is 17.6 Å². The number of hydrogen-bond acceptors (Lipinski definition) is 4. The second-order valence-corrected chi connectivity index (χ2v) is 5.86. The second-order valence-electron chi connectivity index (χ2n) is 4.92. The van der Waals surface area contributed by atoms with Gasteiger partial charge in [-0.3, -0.25) is 4.79 Å². The van der Waals surface area contributed by atoms with Crippen molar-refractivity contribution < 1.29 is 9.21 Å². The van der Waals surface area contributed by atoms with Crippen LogP contribution >= 0.6 is 11.3 Å². The molecule has 1 amide bonds. The van der Waals surface area contributed by atoms with Gasteiger partial charge in [-0.15, -0.1) is 11.3 Å². The topological polar surface area (TPSA) is 55.1 Å². The fraction of sp³-hybridized carbons (Fsp3) is 0.467. The first kappa shape index (κ1) is 14.8. The summed E-state index contributed by atoms with van der Waals surface area (Å²) in [6.07, 6.45) is 1.24. The van der Waals surface area contributed by atoms with E-state index in [0.717, 1.165) is 34.2 Å². The monoisotopic (exact) mass is 292 g/mol. The van der Waals surface area contributed by atoms with Crippen molar-refractivity contribution in [1.82, 2.24) is 10.3 Å². The molecule has 0 aromatic carbocycles. The number of furan rings is 1. The molecule has 2 rings (SSSR count). The van der Waals surface area contributed by atoms with Gasteiger partial charge >= 0.3 is 0 Å². The van der Waals surface area contributed by atoms with Crippen LogP contribution in [0.25, 0.3) is 0 Å². The quantitative estimate of drug-likeness (QED) is 0.919. The van der Waals surface area contributed by atoms with Gasteiger partial charge in [-0.05, 0) is 33.3 Å². The summed E-state index contributed by atoms with van der Waals surface area (Å²) in [6.45, 7) is 7.86. The maximum absolute atomic E-state index is 12.0. The molecule has 2 aromatic heterocycles. The van der Waals surface area contributed by atoms with Gasteiger partial charge in [0.25, 0.3) is 0 Å². The van der Waals surface area contributed by atoms with Crippen LogP contribution in [-0.4, -0.2) is 10.9 Å². The zero-order valence-corrected chi connectivity index (χ0v) is 13.1. The molecule has 0 fully saturated rings. The van der Waals surface area contributed by atoms with E-state index in [-0.39, 0.29) is 11.9 Å². The fourth-order valence-electron chi connectivity index (χ4n) is 2.21. The lowest BCUT2D eigenvalue weighted by atomic mass is 10.1. The number of carbonyl (C=O) groups is 1. The Morgan fingerprint density at radius 3 is 2.80 bits per heavy atom. The van der Waals surface area contributed by atoms with Crippen LogP contribution < -0.4 is 5.32 Å². The Labute approximate surface area is 123 Å². The molecule has 5 heteroatoms. The Morgan fingerprint density at radius 1 is 1.50 bits per heavy atom. The predicted octanol–water partition coefficient (Wildman–Crippen LogP) is 3.34. The van der Waals surface area contributed by atoms with Crippen molar-refractivity contribution in [3.63, 3.8) is 0 Å². The van der Waals surface area contributed by atoms with Gasteiger partial charge in [0.05, 0.1) is 23.2 Å². The molecule has 0 bridgehead atoms. The van der Waals surface area contributed by atoms with Gasteiger partial charge in [-0.25, -0.2) is 4.98 Å². The van der Waals surface area contributed by atoms with Crippen molar-refractivity contribution in [2.45, 2.75) is 46.6 Å². The summed E-state index contributed by atoms with van der Waals surface area (Å²) in [5.41, 5.74) is 1.88. The van der Waals surface area contributed by atoms with Crippen molar-refractivity contribution in [2.75, 3.05) is 0 Å². The predicted molar refractivity (Wildman–Crippen MR) is 79.9 cm³/mol. The van der Waals surface area contributed by atoms with Crippen LogP contribution in [0.3, 0.4) is 0 Å². The Balaban J connectivity index is 1.95. The summed E-state index contributed by atoms with van der Waals surface area (Å²) < 4.78 is 5.49. The van der Waals surface area contributed by atoms with E-state index in [1.165, 1.54) is 0 Å². The molecule has 4 nitrogen and oxygen atoms in total. The Hall–Kier alpha value is -1.62. The molecule has 0 saturated carbocycles. The average Bonchev–Trinajstić information content (AvgIpc) is 2.95. The number of aromatic nitrogens is 1. The average molecular weight is 292 g/mol. The molecule has 2 aromatic rings. The summed E-state index contributed by atoms with van der Waals surface area (Å²) >= 11 is 1.61. The van der Waals surface area contributed by atoms with Crippen molar-refractivity contribution in [2.24, 2.45) is 0 Å². The van der Waals surface area contributed by atoms with Gasteiger partial charge in [0.1, 0.15) is 11.5 Å². The smallest absolute Gasteiger partial charge is 0.226 e. The minimum absolute atomic E-state index is 0.0105. The molecule has 2 heterocycles. The number of amides is 1. The molecule has 0 spiro atoms. The molecule has 0 aliphatic heterocycles. The minimum atomic E-state index is -0.0516. The SMILES string of the molecule is CCc1nc(CC(=O)N[C@H](C)c2cc(C)oc2C)cs1. The summed E-state index contributed by atoms with van der Waals surface area (Å²) in [6, 6.07) is 1.92. The van der Waals surface area contributed by atoms with E-state index in [2.05, 4.69) is 17.2 Å². The van der Waals surface area contributed by atoms with Gasteiger partial charge in [0, 0.05) is 10.9 Å². The van der Waals surface area contributed by atoms with Gasteiger partial charge in [0.15, 0.2) is 0 Å². The second kappa shape index (κ2) is 6.22. The first-order chi connectivity index (χ1) is 9.49. The number of nitrogens with one attached hydrogen (secondary N) is 1. The molecule has 0 aliphatic rings. The number of thiazole rings is 1. The van der Waals surface area contributed by atoms with Crippen LogP contribution in [0.1, 0.15) is 47.7 Å². The van der Waals surface area contributed by atoms with E-state index in [0.29, 0.717) is 6.42 Å². The lowest BCUT2D eigenvalue weighted by Crippen LogP contribution is -2.28. The number of hydrogen-bond donors (Lipinski definition) is 1. The van der Waals surface area contributed by atoms with E-state index in [4.69, 9.17) is 4.42 Å². The molecule has 0 saturated heterocycles. The van der Waals surface area contributed by atoms with Gasteiger partial charge in [-0.1, -0.05) is 6.92 Å². The zero-order chi connectivity index (χ0) is 14.7.